The summed E-state index contributed by atoms with van der Waals surface area (Å²) in [6.07, 6.45) is 58.6. The van der Waals surface area contributed by atoms with Gasteiger partial charge in [-0.3, -0.25) is 9.59 Å². The first-order chi connectivity index (χ1) is 29.5. The van der Waals surface area contributed by atoms with Crippen molar-refractivity contribution in [1.29, 1.82) is 0 Å². The van der Waals surface area contributed by atoms with Crippen LogP contribution in [0.3, 0.4) is 0 Å². The van der Waals surface area contributed by atoms with Crippen LogP contribution in [0.4, 0.5) is 0 Å². The molecule has 0 aromatic rings. The van der Waals surface area contributed by atoms with Crippen LogP contribution in [0.2, 0.25) is 0 Å². The van der Waals surface area contributed by atoms with Crippen LogP contribution in [-0.2, 0) is 14.3 Å². The molecule has 0 fully saturated rings. The summed E-state index contributed by atoms with van der Waals surface area (Å²) in [4.78, 5) is 24.5. The van der Waals surface area contributed by atoms with Gasteiger partial charge in [0.15, 0.2) is 0 Å². The number of carbonyl (C=O) groups is 2. The molecule has 2 atom stereocenters. The van der Waals surface area contributed by atoms with E-state index in [0.29, 0.717) is 25.9 Å². The summed E-state index contributed by atoms with van der Waals surface area (Å²) in [6, 6.07) is -0.553. The quantitative estimate of drug-likeness (QED) is 0.0322. The predicted molar refractivity (Wildman–Crippen MR) is 260 cm³/mol. The van der Waals surface area contributed by atoms with E-state index in [1.165, 1.54) is 186 Å². The van der Waals surface area contributed by atoms with E-state index in [0.717, 1.165) is 64.2 Å². The summed E-state index contributed by atoms with van der Waals surface area (Å²) in [7, 11) is 0. The second-order valence-corrected chi connectivity index (χ2v) is 18.2. The summed E-state index contributed by atoms with van der Waals surface area (Å²) >= 11 is 0. The van der Waals surface area contributed by atoms with Gasteiger partial charge in [0.05, 0.1) is 25.4 Å². The average molecular weight is 846 g/mol. The van der Waals surface area contributed by atoms with E-state index >= 15 is 0 Å². The summed E-state index contributed by atoms with van der Waals surface area (Å²) in [5.41, 5.74) is 0. The number of aliphatic hydroxyl groups is 2. The van der Waals surface area contributed by atoms with Crippen molar-refractivity contribution >= 4 is 11.9 Å². The van der Waals surface area contributed by atoms with E-state index in [4.69, 9.17) is 4.74 Å². The maximum Gasteiger partial charge on any atom is 0.305 e. The van der Waals surface area contributed by atoms with Gasteiger partial charge in [0, 0.05) is 12.8 Å². The Labute approximate surface area is 373 Å². The largest absolute Gasteiger partial charge is 0.466 e. The molecule has 2 unspecified atom stereocenters. The van der Waals surface area contributed by atoms with Gasteiger partial charge in [-0.15, -0.1) is 0 Å². The Morgan fingerprint density at radius 2 is 0.833 bits per heavy atom. The first-order valence-corrected chi connectivity index (χ1v) is 26.6. The highest BCUT2D eigenvalue weighted by atomic mass is 16.5. The summed E-state index contributed by atoms with van der Waals surface area (Å²) < 4.78 is 5.47. The molecule has 0 aliphatic heterocycles. The fraction of sp³-hybridized carbons (Fsp3) is 0.889. The Morgan fingerprint density at radius 3 is 1.30 bits per heavy atom. The van der Waals surface area contributed by atoms with E-state index in [2.05, 4.69) is 43.5 Å². The molecular formula is C54H103NO5. The Hall–Kier alpha value is -1.66. The van der Waals surface area contributed by atoms with Crippen LogP contribution in [-0.4, -0.2) is 47.4 Å². The van der Waals surface area contributed by atoms with Gasteiger partial charge in [-0.2, -0.15) is 0 Å². The molecule has 0 rings (SSSR count). The molecular weight excluding hydrogens is 743 g/mol. The van der Waals surface area contributed by atoms with Crippen LogP contribution >= 0.6 is 0 Å². The SMILES string of the molecule is CCCCC/C=C\C/C=C\CCCCCCCCCC(=O)OCCCCCCCCCCCCCCC(=O)NC(CO)C(O)CCCCCCCCCCCCCCCC. The lowest BCUT2D eigenvalue weighted by atomic mass is 10.0. The molecule has 0 heterocycles. The van der Waals surface area contributed by atoms with Crippen LogP contribution < -0.4 is 5.32 Å². The van der Waals surface area contributed by atoms with Gasteiger partial charge in [0.2, 0.25) is 5.91 Å². The number of amides is 1. The van der Waals surface area contributed by atoms with Crippen molar-refractivity contribution in [1.82, 2.24) is 5.32 Å². The molecule has 1 amide bonds. The molecule has 60 heavy (non-hydrogen) atoms. The van der Waals surface area contributed by atoms with Gasteiger partial charge < -0.3 is 20.3 Å². The predicted octanol–water partition coefficient (Wildman–Crippen LogP) is 15.9. The molecule has 0 bridgehead atoms. The molecule has 0 saturated carbocycles. The molecule has 0 radical (unpaired) electrons. The fourth-order valence-electron chi connectivity index (χ4n) is 8.14. The number of carbonyl (C=O) groups excluding carboxylic acids is 2. The minimum absolute atomic E-state index is 0.0169. The highest BCUT2D eigenvalue weighted by molar-refractivity contribution is 5.76. The minimum Gasteiger partial charge on any atom is -0.466 e. The molecule has 0 aromatic heterocycles. The maximum absolute atomic E-state index is 12.4. The van der Waals surface area contributed by atoms with Crippen molar-refractivity contribution in [2.24, 2.45) is 0 Å². The number of hydrogen-bond donors (Lipinski definition) is 3. The Morgan fingerprint density at radius 1 is 0.467 bits per heavy atom. The standard InChI is InChI=1S/C54H103NO5/c1-3-5-7-9-11-13-15-17-19-20-21-23-28-32-36-40-44-48-54(59)60-49-45-41-37-33-29-25-24-27-31-35-39-43-47-53(58)55-51(50-56)52(57)46-42-38-34-30-26-22-18-16-14-12-10-8-6-4-2/h11,13,17,19,51-52,56-57H,3-10,12,14-16,18,20-50H2,1-2H3,(H,55,58)/b13-11-,19-17-. The zero-order valence-corrected chi connectivity index (χ0v) is 40.2. The third kappa shape index (κ3) is 45.9. The number of allylic oxidation sites excluding steroid dienone is 4. The van der Waals surface area contributed by atoms with Crippen LogP contribution in [0.5, 0.6) is 0 Å². The highest BCUT2D eigenvalue weighted by Crippen LogP contribution is 2.16. The van der Waals surface area contributed by atoms with Crippen molar-refractivity contribution in [3.05, 3.63) is 24.3 Å². The van der Waals surface area contributed by atoms with Crippen molar-refractivity contribution in [2.75, 3.05) is 13.2 Å². The number of unbranched alkanes of at least 4 members (excludes halogenated alkanes) is 34. The zero-order chi connectivity index (χ0) is 43.7. The smallest absolute Gasteiger partial charge is 0.305 e. The maximum atomic E-state index is 12.4. The molecule has 3 N–H and O–H groups in total. The van der Waals surface area contributed by atoms with Crippen molar-refractivity contribution in [3.8, 4) is 0 Å². The number of aliphatic hydroxyl groups excluding tert-OH is 2. The third-order valence-electron chi connectivity index (χ3n) is 12.3. The van der Waals surface area contributed by atoms with Crippen molar-refractivity contribution in [3.63, 3.8) is 0 Å². The summed E-state index contributed by atoms with van der Waals surface area (Å²) in [6.45, 7) is 4.89. The zero-order valence-electron chi connectivity index (χ0n) is 40.2. The molecule has 0 aliphatic carbocycles. The van der Waals surface area contributed by atoms with Crippen molar-refractivity contribution < 1.29 is 24.5 Å². The van der Waals surface area contributed by atoms with E-state index < -0.39 is 12.1 Å². The Balaban J connectivity index is 3.45. The fourth-order valence-corrected chi connectivity index (χ4v) is 8.14. The molecule has 0 saturated heterocycles. The first kappa shape index (κ1) is 58.3. The van der Waals surface area contributed by atoms with Gasteiger partial charge >= 0.3 is 5.97 Å². The number of nitrogens with one attached hydrogen (secondary N) is 1. The van der Waals surface area contributed by atoms with E-state index in [-0.39, 0.29) is 18.5 Å². The van der Waals surface area contributed by atoms with Crippen LogP contribution in [0.15, 0.2) is 24.3 Å². The van der Waals surface area contributed by atoms with Gasteiger partial charge in [-0.05, 0) is 57.8 Å². The average Bonchev–Trinajstić information content (AvgIpc) is 3.25. The van der Waals surface area contributed by atoms with Crippen LogP contribution in [0.1, 0.15) is 284 Å². The first-order valence-electron chi connectivity index (χ1n) is 26.6. The number of ether oxygens (including phenoxy) is 1. The van der Waals surface area contributed by atoms with Crippen molar-refractivity contribution in [2.45, 2.75) is 296 Å². The second-order valence-electron chi connectivity index (χ2n) is 18.2. The van der Waals surface area contributed by atoms with E-state index in [1.54, 1.807) is 0 Å². The monoisotopic (exact) mass is 846 g/mol. The normalized spacial score (nSPS) is 12.8. The minimum atomic E-state index is -0.674. The summed E-state index contributed by atoms with van der Waals surface area (Å²) in [5, 5.41) is 23.2. The molecule has 354 valence electrons. The molecule has 6 heteroatoms. The number of esters is 1. The lowest BCUT2D eigenvalue weighted by molar-refractivity contribution is -0.143. The summed E-state index contributed by atoms with van der Waals surface area (Å²) in [5.74, 6) is -0.0675. The Kier molecular flexibility index (Phi) is 48.6. The second kappa shape index (κ2) is 50.0. The Bertz CT molecular complexity index is 935. The third-order valence-corrected chi connectivity index (χ3v) is 12.3. The van der Waals surface area contributed by atoms with Gasteiger partial charge in [-0.1, -0.05) is 237 Å². The van der Waals surface area contributed by atoms with Gasteiger partial charge in [0.1, 0.15) is 0 Å². The lowest BCUT2D eigenvalue weighted by Gasteiger charge is -2.22. The van der Waals surface area contributed by atoms with E-state index in [9.17, 15) is 19.8 Å². The number of hydrogen-bond acceptors (Lipinski definition) is 5. The molecule has 0 aliphatic rings. The van der Waals surface area contributed by atoms with Gasteiger partial charge in [-0.25, -0.2) is 0 Å². The van der Waals surface area contributed by atoms with Gasteiger partial charge in [0.25, 0.3) is 0 Å². The highest BCUT2D eigenvalue weighted by Gasteiger charge is 2.20. The molecule has 0 spiro atoms. The topological polar surface area (TPSA) is 95.9 Å². The lowest BCUT2D eigenvalue weighted by Crippen LogP contribution is -2.45. The molecule has 0 aromatic carbocycles. The van der Waals surface area contributed by atoms with Crippen LogP contribution in [0, 0.1) is 0 Å². The molecule has 6 nitrogen and oxygen atoms in total. The van der Waals surface area contributed by atoms with E-state index in [1.807, 2.05) is 0 Å². The van der Waals surface area contributed by atoms with Crippen LogP contribution in [0.25, 0.3) is 0 Å². The number of rotatable bonds is 49.